The van der Waals surface area contributed by atoms with Crippen molar-refractivity contribution in [1.29, 1.82) is 0 Å². The molecule has 150 valence electrons. The third-order valence-corrected chi connectivity index (χ3v) is 8.52. The van der Waals surface area contributed by atoms with Gasteiger partial charge in [-0.05, 0) is 73.8 Å². The molecule has 6 rings (SSSR count). The van der Waals surface area contributed by atoms with E-state index in [4.69, 9.17) is 4.74 Å². The van der Waals surface area contributed by atoms with Gasteiger partial charge in [0.25, 0.3) is 5.91 Å². The molecular formula is C23H28FNO2S. The molecule has 1 aromatic heterocycles. The highest BCUT2D eigenvalue weighted by atomic mass is 32.1. The molecule has 4 bridgehead atoms. The van der Waals surface area contributed by atoms with Gasteiger partial charge in [-0.1, -0.05) is 6.07 Å². The zero-order chi connectivity index (χ0) is 19.5. The number of thiophene rings is 1. The number of amides is 1. The minimum atomic E-state index is -0.274. The molecule has 4 aliphatic rings. The van der Waals surface area contributed by atoms with Gasteiger partial charge in [0.1, 0.15) is 5.82 Å². The lowest BCUT2D eigenvalue weighted by atomic mass is 9.49. The van der Waals surface area contributed by atoms with Crippen LogP contribution in [0.25, 0.3) is 10.1 Å². The molecule has 4 fully saturated rings. The zero-order valence-electron chi connectivity index (χ0n) is 16.7. The van der Waals surface area contributed by atoms with Gasteiger partial charge in [0.2, 0.25) is 0 Å². The number of halogens is 1. The van der Waals surface area contributed by atoms with Crippen molar-refractivity contribution in [3.63, 3.8) is 0 Å². The van der Waals surface area contributed by atoms with Crippen LogP contribution in [-0.4, -0.2) is 31.5 Å². The second-order valence-electron chi connectivity index (χ2n) is 9.53. The van der Waals surface area contributed by atoms with E-state index in [1.54, 1.807) is 13.2 Å². The van der Waals surface area contributed by atoms with Gasteiger partial charge < -0.3 is 9.64 Å². The molecule has 1 heterocycles. The first-order valence-corrected chi connectivity index (χ1v) is 11.2. The molecule has 4 aliphatic carbocycles. The van der Waals surface area contributed by atoms with Crippen LogP contribution in [0, 0.1) is 29.0 Å². The molecule has 1 aromatic carbocycles. The van der Waals surface area contributed by atoms with Crippen molar-refractivity contribution in [1.82, 2.24) is 4.90 Å². The van der Waals surface area contributed by atoms with Crippen molar-refractivity contribution >= 4 is 27.3 Å². The molecule has 0 saturated heterocycles. The third-order valence-electron chi connectivity index (χ3n) is 7.33. The maximum absolute atomic E-state index is 14.5. The van der Waals surface area contributed by atoms with E-state index >= 15 is 0 Å². The van der Waals surface area contributed by atoms with Crippen molar-refractivity contribution in [2.45, 2.75) is 45.1 Å². The Kier molecular flexibility index (Phi) is 4.51. The number of hydrogen-bond acceptors (Lipinski definition) is 3. The summed E-state index contributed by atoms with van der Waals surface area (Å²) in [5, 5.41) is 0.543. The van der Waals surface area contributed by atoms with Crippen LogP contribution in [-0.2, 0) is 11.3 Å². The van der Waals surface area contributed by atoms with Crippen LogP contribution >= 0.6 is 11.3 Å². The predicted molar refractivity (Wildman–Crippen MR) is 110 cm³/mol. The van der Waals surface area contributed by atoms with Crippen LogP contribution in [0.1, 0.15) is 53.8 Å². The molecular weight excluding hydrogens is 373 g/mol. The largest absolute Gasteiger partial charge is 0.380 e. The summed E-state index contributed by atoms with van der Waals surface area (Å²) in [4.78, 5) is 15.9. The highest BCUT2D eigenvalue weighted by molar-refractivity contribution is 7.21. The number of carbonyl (C=O) groups excluding carboxylic acids is 1. The number of carbonyl (C=O) groups is 1. The molecule has 2 aromatic rings. The monoisotopic (exact) mass is 401 g/mol. The van der Waals surface area contributed by atoms with Gasteiger partial charge in [0.15, 0.2) is 0 Å². The topological polar surface area (TPSA) is 29.5 Å². The lowest BCUT2D eigenvalue weighted by molar-refractivity contribution is -0.0628. The van der Waals surface area contributed by atoms with Crippen molar-refractivity contribution in [2.24, 2.45) is 23.2 Å². The average Bonchev–Trinajstić information content (AvgIpc) is 2.99. The summed E-state index contributed by atoms with van der Waals surface area (Å²) in [6, 6.07) is 5.05. The average molecular weight is 402 g/mol. The summed E-state index contributed by atoms with van der Waals surface area (Å²) >= 11 is 1.40. The number of methoxy groups -OCH3 is 1. The minimum absolute atomic E-state index is 0.0170. The lowest BCUT2D eigenvalue weighted by Crippen LogP contribution is -2.51. The van der Waals surface area contributed by atoms with Crippen LogP contribution in [0.5, 0.6) is 0 Å². The van der Waals surface area contributed by atoms with Gasteiger partial charge in [-0.15, -0.1) is 11.3 Å². The summed E-state index contributed by atoms with van der Waals surface area (Å²) < 4.78 is 20.6. The van der Waals surface area contributed by atoms with Gasteiger partial charge in [-0.2, -0.15) is 0 Å². The first-order chi connectivity index (χ1) is 13.5. The highest BCUT2D eigenvalue weighted by Crippen LogP contribution is 2.60. The maximum atomic E-state index is 14.5. The van der Waals surface area contributed by atoms with Gasteiger partial charge in [0, 0.05) is 36.4 Å². The van der Waals surface area contributed by atoms with E-state index in [2.05, 4.69) is 0 Å². The molecule has 0 radical (unpaired) electrons. The molecule has 0 N–H and O–H groups in total. The Morgan fingerprint density at radius 1 is 1.21 bits per heavy atom. The number of nitrogens with zero attached hydrogens (tertiary/aromatic N) is 1. The quantitative estimate of drug-likeness (QED) is 0.664. The Balaban J connectivity index is 1.43. The summed E-state index contributed by atoms with van der Waals surface area (Å²) in [6.45, 7) is 1.09. The Bertz CT molecular complexity index is 885. The summed E-state index contributed by atoms with van der Waals surface area (Å²) in [7, 11) is 3.52. The molecule has 28 heavy (non-hydrogen) atoms. The molecule has 4 saturated carbocycles. The summed E-state index contributed by atoms with van der Waals surface area (Å²) in [5.74, 6) is 2.36. The normalized spacial score (nSPS) is 30.9. The Labute approximate surface area is 169 Å². The third kappa shape index (κ3) is 2.98. The number of ether oxygens (including phenoxy) is 1. The van der Waals surface area contributed by atoms with E-state index in [1.807, 2.05) is 18.0 Å². The fourth-order valence-corrected chi connectivity index (χ4v) is 8.07. The first-order valence-electron chi connectivity index (χ1n) is 10.4. The van der Waals surface area contributed by atoms with Crippen molar-refractivity contribution in [3.8, 4) is 0 Å². The number of hydrogen-bond donors (Lipinski definition) is 0. The van der Waals surface area contributed by atoms with Crippen molar-refractivity contribution in [2.75, 3.05) is 20.7 Å². The second-order valence-corrected chi connectivity index (χ2v) is 10.6. The van der Waals surface area contributed by atoms with Crippen molar-refractivity contribution in [3.05, 3.63) is 34.5 Å². The fraction of sp³-hybridized carbons (Fsp3) is 0.609. The van der Waals surface area contributed by atoms with E-state index < -0.39 is 0 Å². The number of fused-ring (bicyclic) bond motifs is 1. The minimum Gasteiger partial charge on any atom is -0.380 e. The molecule has 0 spiro atoms. The molecule has 3 nitrogen and oxygen atoms in total. The van der Waals surface area contributed by atoms with Crippen LogP contribution in [0.4, 0.5) is 4.39 Å². The Morgan fingerprint density at radius 2 is 1.86 bits per heavy atom. The smallest absolute Gasteiger partial charge is 0.264 e. The Hall–Kier alpha value is -1.46. The van der Waals surface area contributed by atoms with E-state index in [1.165, 1.54) is 55.9 Å². The van der Waals surface area contributed by atoms with Gasteiger partial charge in [-0.3, -0.25) is 4.79 Å². The van der Waals surface area contributed by atoms with Crippen LogP contribution in [0.15, 0.2) is 18.2 Å². The highest BCUT2D eigenvalue weighted by Gasteiger charge is 2.51. The molecule has 0 unspecified atom stereocenters. The number of rotatable bonds is 5. The van der Waals surface area contributed by atoms with Crippen LogP contribution < -0.4 is 0 Å². The van der Waals surface area contributed by atoms with Gasteiger partial charge in [-0.25, -0.2) is 4.39 Å². The summed E-state index contributed by atoms with van der Waals surface area (Å²) in [6.07, 6.45) is 8.06. The Morgan fingerprint density at radius 3 is 2.46 bits per heavy atom. The van der Waals surface area contributed by atoms with Crippen molar-refractivity contribution < 1.29 is 13.9 Å². The lowest BCUT2D eigenvalue weighted by Gasteiger charge is -2.57. The van der Waals surface area contributed by atoms with E-state index in [0.29, 0.717) is 21.2 Å². The molecule has 0 aliphatic heterocycles. The second kappa shape index (κ2) is 6.81. The molecule has 5 heteroatoms. The molecule has 0 atom stereocenters. The molecule has 1 amide bonds. The standard InChI is InChI=1S/C23H28FNO2S/c1-25(13-23-9-14-6-15(10-23)8-16(7-14)11-23)22(26)21-17(12-27-2)20-18(24)4-3-5-19(20)28-21/h3-5,14-16H,6-13H2,1-2H3. The van der Waals surface area contributed by atoms with Gasteiger partial charge in [0.05, 0.1) is 11.5 Å². The van der Waals surface area contributed by atoms with E-state index in [-0.39, 0.29) is 18.3 Å². The zero-order valence-corrected chi connectivity index (χ0v) is 17.5. The SMILES string of the molecule is COCc1c(C(=O)N(C)CC23CC4CC(CC(C4)C2)C3)sc2cccc(F)c12. The van der Waals surface area contributed by atoms with Crippen LogP contribution in [0.3, 0.4) is 0 Å². The summed E-state index contributed by atoms with van der Waals surface area (Å²) in [5.41, 5.74) is 1.01. The maximum Gasteiger partial charge on any atom is 0.264 e. The fourth-order valence-electron chi connectivity index (χ4n) is 6.85. The van der Waals surface area contributed by atoms with Crippen LogP contribution in [0.2, 0.25) is 0 Å². The first kappa shape index (κ1) is 18.6. The van der Waals surface area contributed by atoms with Gasteiger partial charge >= 0.3 is 0 Å². The number of benzene rings is 1. The van der Waals surface area contributed by atoms with E-state index in [9.17, 15) is 9.18 Å². The predicted octanol–water partition coefficient (Wildman–Crippen LogP) is 5.48. The van der Waals surface area contributed by atoms with E-state index in [0.717, 1.165) is 29.0 Å².